The average Bonchev–Trinajstić information content (AvgIpc) is 2.56. The second kappa shape index (κ2) is 5.10. The summed E-state index contributed by atoms with van der Waals surface area (Å²) >= 11 is 0. The first kappa shape index (κ1) is 10.4. The molecule has 0 unspecified atom stereocenters. The molecule has 14 heavy (non-hydrogen) atoms. The van der Waals surface area contributed by atoms with Gasteiger partial charge in [0.15, 0.2) is 6.29 Å². The zero-order chi connectivity index (χ0) is 9.80. The van der Waals surface area contributed by atoms with Gasteiger partial charge in [-0.1, -0.05) is 12.8 Å². The van der Waals surface area contributed by atoms with Crippen molar-refractivity contribution < 1.29 is 14.2 Å². The van der Waals surface area contributed by atoms with E-state index in [1.165, 1.54) is 25.7 Å². The van der Waals surface area contributed by atoms with Crippen LogP contribution in [-0.2, 0) is 14.2 Å². The van der Waals surface area contributed by atoms with E-state index in [1.807, 2.05) is 6.92 Å². The fraction of sp³-hybridized carbons (Fsp3) is 1.00. The molecule has 0 radical (unpaired) electrons. The predicted molar refractivity (Wildman–Crippen MR) is 53.1 cm³/mol. The van der Waals surface area contributed by atoms with Gasteiger partial charge in [0.25, 0.3) is 0 Å². The molecule has 1 heterocycles. The van der Waals surface area contributed by atoms with Crippen LogP contribution in [-0.4, -0.2) is 31.7 Å². The van der Waals surface area contributed by atoms with Crippen molar-refractivity contribution in [1.29, 1.82) is 0 Å². The Hall–Kier alpha value is -0.120. The van der Waals surface area contributed by atoms with E-state index in [9.17, 15) is 0 Å². The van der Waals surface area contributed by atoms with Crippen molar-refractivity contribution in [2.45, 2.75) is 57.5 Å². The number of hydrogen-bond acceptors (Lipinski definition) is 3. The van der Waals surface area contributed by atoms with Crippen molar-refractivity contribution in [3.8, 4) is 0 Å². The van der Waals surface area contributed by atoms with Gasteiger partial charge in [0.1, 0.15) is 0 Å². The van der Waals surface area contributed by atoms with E-state index >= 15 is 0 Å². The van der Waals surface area contributed by atoms with E-state index < -0.39 is 0 Å². The van der Waals surface area contributed by atoms with E-state index in [2.05, 4.69) is 0 Å². The van der Waals surface area contributed by atoms with E-state index in [4.69, 9.17) is 14.2 Å². The minimum atomic E-state index is -0.0319. The van der Waals surface area contributed by atoms with Crippen LogP contribution in [0, 0.1) is 0 Å². The zero-order valence-corrected chi connectivity index (χ0v) is 8.91. The Balaban J connectivity index is 1.77. The van der Waals surface area contributed by atoms with Crippen LogP contribution in [0.1, 0.15) is 39.0 Å². The van der Waals surface area contributed by atoms with Crippen LogP contribution in [0.2, 0.25) is 0 Å². The topological polar surface area (TPSA) is 27.7 Å². The first-order valence-electron chi connectivity index (χ1n) is 5.73. The minimum absolute atomic E-state index is 0.0319. The fourth-order valence-corrected chi connectivity index (χ4v) is 2.13. The Kier molecular flexibility index (Phi) is 3.79. The molecule has 2 atom stereocenters. The second-order valence-corrected chi connectivity index (χ2v) is 4.28. The number of hydrogen-bond donors (Lipinski definition) is 0. The summed E-state index contributed by atoms with van der Waals surface area (Å²) < 4.78 is 17.0. The summed E-state index contributed by atoms with van der Waals surface area (Å²) in [5.41, 5.74) is 0. The molecule has 0 amide bonds. The predicted octanol–water partition coefficient (Wildman–Crippen LogP) is 2.10. The van der Waals surface area contributed by atoms with Crippen molar-refractivity contribution in [2.75, 3.05) is 13.2 Å². The van der Waals surface area contributed by atoms with Crippen LogP contribution in [0.15, 0.2) is 0 Å². The second-order valence-electron chi connectivity index (χ2n) is 4.28. The monoisotopic (exact) mass is 200 g/mol. The molecule has 2 rings (SSSR count). The zero-order valence-electron chi connectivity index (χ0n) is 8.91. The molecule has 0 bridgehead atoms. The summed E-state index contributed by atoms with van der Waals surface area (Å²) in [6.45, 7) is 3.50. The lowest BCUT2D eigenvalue weighted by Crippen LogP contribution is -2.26. The first-order chi connectivity index (χ1) is 6.84. The van der Waals surface area contributed by atoms with Gasteiger partial charge in [-0.2, -0.15) is 0 Å². The van der Waals surface area contributed by atoms with Crippen LogP contribution in [0.4, 0.5) is 0 Å². The van der Waals surface area contributed by atoms with Gasteiger partial charge in [0, 0.05) is 6.42 Å². The first-order valence-corrected chi connectivity index (χ1v) is 5.73. The van der Waals surface area contributed by atoms with Crippen LogP contribution in [0.25, 0.3) is 0 Å². The smallest absolute Gasteiger partial charge is 0.160 e. The fourth-order valence-electron chi connectivity index (χ4n) is 2.13. The van der Waals surface area contributed by atoms with Crippen molar-refractivity contribution in [2.24, 2.45) is 0 Å². The molecule has 1 saturated heterocycles. The highest BCUT2D eigenvalue weighted by molar-refractivity contribution is 4.68. The van der Waals surface area contributed by atoms with Crippen LogP contribution >= 0.6 is 0 Å². The van der Waals surface area contributed by atoms with Gasteiger partial charge in [-0.25, -0.2) is 0 Å². The normalized spacial score (nSPS) is 35.8. The third-order valence-corrected chi connectivity index (χ3v) is 2.88. The summed E-state index contributed by atoms with van der Waals surface area (Å²) in [5, 5.41) is 0. The molecule has 0 spiro atoms. The largest absolute Gasteiger partial charge is 0.379 e. The third kappa shape index (κ3) is 2.94. The molecule has 1 aliphatic heterocycles. The molecule has 2 aliphatic rings. The van der Waals surface area contributed by atoms with E-state index in [-0.39, 0.29) is 12.4 Å². The van der Waals surface area contributed by atoms with E-state index in [0.29, 0.717) is 12.7 Å². The lowest BCUT2D eigenvalue weighted by Gasteiger charge is -2.22. The minimum Gasteiger partial charge on any atom is -0.379 e. The molecule has 82 valence electrons. The van der Waals surface area contributed by atoms with E-state index in [1.54, 1.807) is 0 Å². The molecule has 0 aromatic carbocycles. The van der Waals surface area contributed by atoms with Crippen LogP contribution in [0.3, 0.4) is 0 Å². The van der Waals surface area contributed by atoms with Crippen molar-refractivity contribution in [1.82, 2.24) is 0 Å². The molecular formula is C11H20O3. The summed E-state index contributed by atoms with van der Waals surface area (Å²) in [6.07, 6.45) is 6.47. The standard InChI is InChI=1S/C11H20O3/c1-9-8-12-7-6-11(13-9)14-10-4-2-3-5-10/h9-11H,2-8H2,1H3/t9-,11-/m1/s1. The van der Waals surface area contributed by atoms with Crippen molar-refractivity contribution >= 4 is 0 Å². The maximum Gasteiger partial charge on any atom is 0.160 e. The van der Waals surface area contributed by atoms with Crippen molar-refractivity contribution in [3.05, 3.63) is 0 Å². The molecular weight excluding hydrogens is 180 g/mol. The quantitative estimate of drug-likeness (QED) is 0.683. The van der Waals surface area contributed by atoms with Gasteiger partial charge in [0.2, 0.25) is 0 Å². The van der Waals surface area contributed by atoms with Crippen LogP contribution < -0.4 is 0 Å². The highest BCUT2D eigenvalue weighted by Crippen LogP contribution is 2.24. The Morgan fingerprint density at radius 2 is 1.93 bits per heavy atom. The lowest BCUT2D eigenvalue weighted by molar-refractivity contribution is -0.184. The molecule has 0 aromatic heterocycles. The highest BCUT2D eigenvalue weighted by Gasteiger charge is 2.24. The molecule has 0 N–H and O–H groups in total. The molecule has 3 nitrogen and oxygen atoms in total. The Bertz CT molecular complexity index is 166. The summed E-state index contributed by atoms with van der Waals surface area (Å²) in [4.78, 5) is 0. The highest BCUT2D eigenvalue weighted by atomic mass is 16.7. The SMILES string of the molecule is C[C@@H]1COCC[C@@H](OC2CCCC2)O1. The van der Waals surface area contributed by atoms with Gasteiger partial charge in [0.05, 0.1) is 25.4 Å². The Morgan fingerprint density at radius 3 is 2.71 bits per heavy atom. The van der Waals surface area contributed by atoms with Gasteiger partial charge in [-0.05, 0) is 19.8 Å². The van der Waals surface area contributed by atoms with E-state index in [0.717, 1.165) is 13.0 Å². The number of ether oxygens (including phenoxy) is 3. The van der Waals surface area contributed by atoms with Crippen LogP contribution in [0.5, 0.6) is 0 Å². The summed E-state index contributed by atoms with van der Waals surface area (Å²) in [6, 6.07) is 0. The summed E-state index contributed by atoms with van der Waals surface area (Å²) in [7, 11) is 0. The van der Waals surface area contributed by atoms with Gasteiger partial charge in [-0.15, -0.1) is 0 Å². The third-order valence-electron chi connectivity index (χ3n) is 2.88. The van der Waals surface area contributed by atoms with Gasteiger partial charge >= 0.3 is 0 Å². The molecule has 1 aliphatic carbocycles. The maximum absolute atomic E-state index is 5.90. The molecule has 0 aromatic rings. The molecule has 1 saturated carbocycles. The Morgan fingerprint density at radius 1 is 1.14 bits per heavy atom. The van der Waals surface area contributed by atoms with Gasteiger partial charge in [-0.3, -0.25) is 0 Å². The lowest BCUT2D eigenvalue weighted by atomic mass is 10.3. The average molecular weight is 200 g/mol. The van der Waals surface area contributed by atoms with Crippen molar-refractivity contribution in [3.63, 3.8) is 0 Å². The molecule has 3 heteroatoms. The Labute approximate surface area is 85.7 Å². The van der Waals surface area contributed by atoms with Gasteiger partial charge < -0.3 is 14.2 Å². The molecule has 2 fully saturated rings. The number of rotatable bonds is 2. The maximum atomic E-state index is 5.90. The summed E-state index contributed by atoms with van der Waals surface area (Å²) in [5.74, 6) is 0.